The van der Waals surface area contributed by atoms with Gasteiger partial charge in [-0.15, -0.1) is 0 Å². The summed E-state index contributed by atoms with van der Waals surface area (Å²) in [5.74, 6) is 0.969. The summed E-state index contributed by atoms with van der Waals surface area (Å²) in [6, 6.07) is 0.388. The molecule has 2 atom stereocenters. The minimum absolute atomic E-state index is 0.335. The second-order valence-electron chi connectivity index (χ2n) is 5.29. The molecule has 0 aromatic carbocycles. The number of nitrogens with one attached hydrogen (secondary N) is 1. The van der Waals surface area contributed by atoms with Crippen LogP contribution in [0, 0.1) is 5.92 Å². The number of hydrogen-bond donors (Lipinski definition) is 1. The molecule has 0 aromatic heterocycles. The van der Waals surface area contributed by atoms with Crippen molar-refractivity contribution < 1.29 is 9.53 Å². The molecule has 3 aliphatic rings. The van der Waals surface area contributed by atoms with Crippen LogP contribution in [-0.4, -0.2) is 49.2 Å². The second-order valence-corrected chi connectivity index (χ2v) is 5.29. The van der Waals surface area contributed by atoms with Gasteiger partial charge in [0.1, 0.15) is 0 Å². The van der Waals surface area contributed by atoms with Gasteiger partial charge >= 0.3 is 0 Å². The van der Waals surface area contributed by atoms with Gasteiger partial charge in [0.15, 0.2) is 0 Å². The maximum Gasteiger partial charge on any atom is 0.223 e. The van der Waals surface area contributed by atoms with Gasteiger partial charge < -0.3 is 15.0 Å². The third-order valence-corrected chi connectivity index (χ3v) is 4.14. The van der Waals surface area contributed by atoms with Crippen LogP contribution < -0.4 is 5.32 Å². The standard InChI is InChI=1S/C12H20N2O2/c15-12(5-9-1-3-13-4-2-9)14-7-11-6-10(14)8-16-11/h9-11,13H,1-8H2. The maximum atomic E-state index is 12.2. The fourth-order valence-corrected chi connectivity index (χ4v) is 3.16. The molecular formula is C12H20N2O2. The van der Waals surface area contributed by atoms with Gasteiger partial charge in [0.2, 0.25) is 5.91 Å². The lowest BCUT2D eigenvalue weighted by molar-refractivity contribution is -0.136. The van der Waals surface area contributed by atoms with Crippen LogP contribution >= 0.6 is 0 Å². The van der Waals surface area contributed by atoms with Gasteiger partial charge in [0.25, 0.3) is 0 Å². The fourth-order valence-electron chi connectivity index (χ4n) is 3.16. The Bertz CT molecular complexity index is 276. The Morgan fingerprint density at radius 2 is 2.19 bits per heavy atom. The number of hydrogen-bond acceptors (Lipinski definition) is 3. The summed E-state index contributed by atoms with van der Waals surface area (Å²) in [4.78, 5) is 14.2. The summed E-state index contributed by atoms with van der Waals surface area (Å²) in [7, 11) is 0. The SMILES string of the molecule is O=C(CC1CCNCC1)N1CC2CC1CO2. The molecule has 1 N–H and O–H groups in total. The van der Waals surface area contributed by atoms with Crippen LogP contribution in [-0.2, 0) is 9.53 Å². The van der Waals surface area contributed by atoms with E-state index in [-0.39, 0.29) is 0 Å². The Hall–Kier alpha value is -0.610. The van der Waals surface area contributed by atoms with Crippen LogP contribution in [0.5, 0.6) is 0 Å². The first-order chi connectivity index (χ1) is 7.83. The Labute approximate surface area is 96.3 Å². The molecular weight excluding hydrogens is 204 g/mol. The average Bonchev–Trinajstić information content (AvgIpc) is 2.92. The molecule has 0 aliphatic carbocycles. The number of nitrogens with zero attached hydrogens (tertiary/aromatic N) is 1. The molecule has 3 rings (SSSR count). The number of carbonyl (C=O) groups excluding carboxylic acids is 1. The molecule has 3 aliphatic heterocycles. The van der Waals surface area contributed by atoms with E-state index in [0.29, 0.717) is 24.0 Å². The molecule has 0 saturated carbocycles. The third-order valence-electron chi connectivity index (χ3n) is 4.14. The number of likely N-dealkylation sites (tertiary alicyclic amines) is 1. The summed E-state index contributed by atoms with van der Waals surface area (Å²) in [6.45, 7) is 3.76. The van der Waals surface area contributed by atoms with E-state index in [9.17, 15) is 4.79 Å². The highest BCUT2D eigenvalue weighted by Crippen LogP contribution is 2.29. The van der Waals surface area contributed by atoms with Crippen LogP contribution in [0.1, 0.15) is 25.7 Å². The Morgan fingerprint density at radius 3 is 2.81 bits per heavy atom. The van der Waals surface area contributed by atoms with Gasteiger partial charge in [-0.1, -0.05) is 0 Å². The minimum atomic E-state index is 0.335. The van der Waals surface area contributed by atoms with Crippen molar-refractivity contribution in [2.24, 2.45) is 5.92 Å². The number of amides is 1. The summed E-state index contributed by atoms with van der Waals surface area (Å²) < 4.78 is 5.52. The van der Waals surface area contributed by atoms with E-state index in [1.54, 1.807) is 0 Å². The fraction of sp³-hybridized carbons (Fsp3) is 0.917. The molecule has 1 amide bonds. The van der Waals surface area contributed by atoms with Gasteiger partial charge in [-0.3, -0.25) is 4.79 Å². The molecule has 3 heterocycles. The number of rotatable bonds is 2. The van der Waals surface area contributed by atoms with Crippen molar-refractivity contribution in [2.75, 3.05) is 26.2 Å². The number of carbonyl (C=O) groups is 1. The van der Waals surface area contributed by atoms with Crippen molar-refractivity contribution in [2.45, 2.75) is 37.8 Å². The summed E-state index contributed by atoms with van der Waals surface area (Å²) in [6.07, 6.45) is 4.47. The van der Waals surface area contributed by atoms with E-state index in [1.807, 2.05) is 0 Å². The van der Waals surface area contributed by atoms with Crippen molar-refractivity contribution in [3.05, 3.63) is 0 Å². The van der Waals surface area contributed by atoms with E-state index < -0.39 is 0 Å². The normalized spacial score (nSPS) is 34.6. The first-order valence-corrected chi connectivity index (χ1v) is 6.44. The number of fused-ring (bicyclic) bond motifs is 2. The monoisotopic (exact) mass is 224 g/mol. The predicted octanol–water partition coefficient (Wildman–Crippen LogP) is 0.376. The quantitative estimate of drug-likeness (QED) is 0.737. The molecule has 2 unspecified atom stereocenters. The van der Waals surface area contributed by atoms with Gasteiger partial charge in [0, 0.05) is 13.0 Å². The highest BCUT2D eigenvalue weighted by molar-refractivity contribution is 5.77. The largest absolute Gasteiger partial charge is 0.374 e. The number of morpholine rings is 1. The second kappa shape index (κ2) is 4.34. The highest BCUT2D eigenvalue weighted by Gasteiger charge is 2.41. The third kappa shape index (κ3) is 1.96. The van der Waals surface area contributed by atoms with E-state index in [2.05, 4.69) is 10.2 Å². The smallest absolute Gasteiger partial charge is 0.223 e. The van der Waals surface area contributed by atoms with E-state index in [0.717, 1.165) is 51.9 Å². The van der Waals surface area contributed by atoms with Crippen molar-refractivity contribution >= 4 is 5.91 Å². The zero-order chi connectivity index (χ0) is 11.0. The van der Waals surface area contributed by atoms with Gasteiger partial charge in [0.05, 0.1) is 18.8 Å². The molecule has 16 heavy (non-hydrogen) atoms. The van der Waals surface area contributed by atoms with Crippen molar-refractivity contribution in [3.8, 4) is 0 Å². The molecule has 4 heteroatoms. The lowest BCUT2D eigenvalue weighted by Gasteiger charge is -2.29. The summed E-state index contributed by atoms with van der Waals surface area (Å²) >= 11 is 0. The molecule has 2 bridgehead atoms. The van der Waals surface area contributed by atoms with Crippen LogP contribution in [0.4, 0.5) is 0 Å². The minimum Gasteiger partial charge on any atom is -0.374 e. The lowest BCUT2D eigenvalue weighted by Crippen LogP contribution is -2.42. The van der Waals surface area contributed by atoms with Crippen molar-refractivity contribution in [3.63, 3.8) is 0 Å². The maximum absolute atomic E-state index is 12.2. The van der Waals surface area contributed by atoms with Gasteiger partial charge in [-0.05, 0) is 38.3 Å². The first kappa shape index (κ1) is 10.5. The molecule has 0 aromatic rings. The van der Waals surface area contributed by atoms with E-state index in [4.69, 9.17) is 4.74 Å². The van der Waals surface area contributed by atoms with Crippen molar-refractivity contribution in [1.29, 1.82) is 0 Å². The van der Waals surface area contributed by atoms with E-state index in [1.165, 1.54) is 0 Å². The van der Waals surface area contributed by atoms with E-state index >= 15 is 0 Å². The molecule has 3 saturated heterocycles. The average molecular weight is 224 g/mol. The number of piperidine rings is 1. The van der Waals surface area contributed by atoms with Gasteiger partial charge in [-0.2, -0.15) is 0 Å². The van der Waals surface area contributed by atoms with Gasteiger partial charge in [-0.25, -0.2) is 0 Å². The molecule has 4 nitrogen and oxygen atoms in total. The summed E-state index contributed by atoms with van der Waals surface area (Å²) in [5.41, 5.74) is 0. The molecule has 90 valence electrons. The van der Waals surface area contributed by atoms with Crippen LogP contribution in [0.3, 0.4) is 0 Å². The van der Waals surface area contributed by atoms with Crippen LogP contribution in [0.15, 0.2) is 0 Å². The van der Waals surface area contributed by atoms with Crippen LogP contribution in [0.25, 0.3) is 0 Å². The lowest BCUT2D eigenvalue weighted by atomic mass is 9.94. The van der Waals surface area contributed by atoms with Crippen molar-refractivity contribution in [1.82, 2.24) is 10.2 Å². The topological polar surface area (TPSA) is 41.6 Å². The molecule has 0 radical (unpaired) electrons. The zero-order valence-corrected chi connectivity index (χ0v) is 9.65. The Morgan fingerprint density at radius 1 is 1.38 bits per heavy atom. The number of ether oxygens (including phenoxy) is 1. The Balaban J connectivity index is 1.53. The molecule has 0 spiro atoms. The first-order valence-electron chi connectivity index (χ1n) is 6.44. The highest BCUT2D eigenvalue weighted by atomic mass is 16.5. The zero-order valence-electron chi connectivity index (χ0n) is 9.65. The summed E-state index contributed by atoms with van der Waals surface area (Å²) in [5, 5.41) is 3.34. The van der Waals surface area contributed by atoms with Crippen LogP contribution in [0.2, 0.25) is 0 Å². The molecule has 3 fully saturated rings. The Kier molecular flexibility index (Phi) is 2.86. The predicted molar refractivity (Wildman–Crippen MR) is 60.1 cm³/mol.